The molecule has 0 unspecified atom stereocenters. The van der Waals surface area contributed by atoms with Crippen molar-refractivity contribution in [3.8, 4) is 0 Å². The Hall–Kier alpha value is -0.910. The van der Waals surface area contributed by atoms with Gasteiger partial charge in [-0.2, -0.15) is 0 Å². The fourth-order valence-corrected chi connectivity index (χ4v) is 3.74. The highest BCUT2D eigenvalue weighted by atomic mass is 16.4. The Morgan fingerprint density at radius 1 is 1.08 bits per heavy atom. The van der Waals surface area contributed by atoms with Crippen molar-refractivity contribution in [3.05, 3.63) is 12.2 Å². The summed E-state index contributed by atoms with van der Waals surface area (Å²) in [7, 11) is 0. The second-order valence-electron chi connectivity index (χ2n) is 7.41. The first-order valence-corrected chi connectivity index (χ1v) is 9.90. The smallest absolute Gasteiger partial charge is 0.303 e. The molecule has 0 aromatic heterocycles. The molecular weight excluding hydrogens is 320 g/mol. The number of hydrogen-bond donors (Lipinski definition) is 4. The molecule has 0 radical (unpaired) electrons. The van der Waals surface area contributed by atoms with Gasteiger partial charge in [-0.15, -0.1) is 0 Å². The molecule has 5 heteroatoms. The molecule has 1 aliphatic carbocycles. The first kappa shape index (κ1) is 22.1. The third-order valence-corrected chi connectivity index (χ3v) is 5.25. The summed E-state index contributed by atoms with van der Waals surface area (Å²) in [6.45, 7) is 2.13. The van der Waals surface area contributed by atoms with Crippen LogP contribution in [0.2, 0.25) is 0 Å². The van der Waals surface area contributed by atoms with Crippen LogP contribution in [-0.2, 0) is 4.79 Å². The molecule has 5 nitrogen and oxygen atoms in total. The third-order valence-electron chi connectivity index (χ3n) is 5.25. The molecule has 0 aliphatic heterocycles. The summed E-state index contributed by atoms with van der Waals surface area (Å²) >= 11 is 0. The van der Waals surface area contributed by atoms with Crippen LogP contribution in [0.1, 0.15) is 77.6 Å². The van der Waals surface area contributed by atoms with Crippen LogP contribution in [-0.4, -0.2) is 44.7 Å². The minimum Gasteiger partial charge on any atom is -0.481 e. The topological polar surface area (TPSA) is 98.0 Å². The van der Waals surface area contributed by atoms with Gasteiger partial charge in [-0.25, -0.2) is 0 Å². The van der Waals surface area contributed by atoms with Crippen molar-refractivity contribution in [3.63, 3.8) is 0 Å². The predicted octanol–water partition coefficient (Wildman–Crippen LogP) is 3.27. The zero-order valence-electron chi connectivity index (χ0n) is 15.5. The number of carboxylic acid groups (broad SMARTS) is 1. The van der Waals surface area contributed by atoms with Crippen molar-refractivity contribution in [2.45, 2.75) is 95.9 Å². The van der Waals surface area contributed by atoms with Gasteiger partial charge in [-0.05, 0) is 25.2 Å². The van der Waals surface area contributed by atoms with E-state index in [1.807, 2.05) is 6.08 Å². The van der Waals surface area contributed by atoms with E-state index in [0.29, 0.717) is 12.8 Å². The summed E-state index contributed by atoms with van der Waals surface area (Å²) in [6, 6.07) is 0. The van der Waals surface area contributed by atoms with E-state index in [1.165, 1.54) is 0 Å². The van der Waals surface area contributed by atoms with E-state index >= 15 is 0 Å². The zero-order chi connectivity index (χ0) is 18.7. The Bertz CT molecular complexity index is 396. The fraction of sp³-hybridized carbons (Fsp3) is 0.850. The van der Waals surface area contributed by atoms with Crippen LogP contribution in [0.3, 0.4) is 0 Å². The third kappa shape index (κ3) is 8.84. The van der Waals surface area contributed by atoms with Gasteiger partial charge in [0, 0.05) is 18.8 Å². The molecular formula is C20H36O5. The predicted molar refractivity (Wildman–Crippen MR) is 98.2 cm³/mol. The van der Waals surface area contributed by atoms with E-state index in [4.69, 9.17) is 5.11 Å². The second-order valence-corrected chi connectivity index (χ2v) is 7.41. The molecule has 1 fully saturated rings. The van der Waals surface area contributed by atoms with E-state index in [-0.39, 0.29) is 18.3 Å². The van der Waals surface area contributed by atoms with Crippen LogP contribution in [0.5, 0.6) is 0 Å². The maximum atomic E-state index is 10.5. The van der Waals surface area contributed by atoms with Crippen molar-refractivity contribution >= 4 is 5.97 Å². The number of rotatable bonds is 13. The summed E-state index contributed by atoms with van der Waals surface area (Å²) in [5.41, 5.74) is 0. The Balaban J connectivity index is 2.38. The lowest BCUT2D eigenvalue weighted by atomic mass is 9.88. The van der Waals surface area contributed by atoms with Crippen molar-refractivity contribution in [1.82, 2.24) is 0 Å². The summed E-state index contributed by atoms with van der Waals surface area (Å²) in [5, 5.41) is 39.0. The van der Waals surface area contributed by atoms with E-state index < -0.39 is 24.3 Å². The van der Waals surface area contributed by atoms with Crippen LogP contribution < -0.4 is 0 Å². The highest BCUT2D eigenvalue weighted by Gasteiger charge is 2.39. The number of aliphatic carboxylic acids is 1. The Labute approximate surface area is 151 Å². The SMILES string of the molecule is CCCCC[C@H](O)C=C[C@@H]1[C@@H](CCCCCCC(=O)O)[C@H](O)C[C@@H]1O. The lowest BCUT2D eigenvalue weighted by molar-refractivity contribution is -0.137. The lowest BCUT2D eigenvalue weighted by Crippen LogP contribution is -2.21. The largest absolute Gasteiger partial charge is 0.481 e. The molecule has 1 rings (SSSR count). The monoisotopic (exact) mass is 356 g/mol. The van der Waals surface area contributed by atoms with Gasteiger partial charge < -0.3 is 20.4 Å². The normalized spacial score (nSPS) is 27.8. The highest BCUT2D eigenvalue weighted by molar-refractivity contribution is 5.66. The number of unbranched alkanes of at least 4 members (excludes halogenated alkanes) is 5. The lowest BCUT2D eigenvalue weighted by Gasteiger charge is -2.21. The molecule has 0 bridgehead atoms. The Morgan fingerprint density at radius 2 is 1.80 bits per heavy atom. The average molecular weight is 357 g/mol. The quantitative estimate of drug-likeness (QED) is 0.300. The zero-order valence-corrected chi connectivity index (χ0v) is 15.5. The van der Waals surface area contributed by atoms with Crippen LogP contribution in [0, 0.1) is 11.8 Å². The standard InChI is InChI=1S/C20H36O5/c1-2-3-6-9-15(21)12-13-17-16(18(22)14-19(17)23)10-7-4-5-8-11-20(24)25/h12-13,15-19,21-23H,2-11,14H2,1H3,(H,24,25)/t15-,16+,17+,18+,19-/m0/s1. The van der Waals surface area contributed by atoms with E-state index in [0.717, 1.165) is 51.4 Å². The maximum absolute atomic E-state index is 10.5. The van der Waals surface area contributed by atoms with E-state index in [1.54, 1.807) is 6.08 Å². The second kappa shape index (κ2) is 12.4. The maximum Gasteiger partial charge on any atom is 0.303 e. The van der Waals surface area contributed by atoms with Crippen LogP contribution in [0.15, 0.2) is 12.2 Å². The van der Waals surface area contributed by atoms with Crippen molar-refractivity contribution in [2.24, 2.45) is 11.8 Å². The minimum absolute atomic E-state index is 0.0218. The molecule has 25 heavy (non-hydrogen) atoms. The molecule has 5 atom stereocenters. The Morgan fingerprint density at radius 3 is 2.48 bits per heavy atom. The highest BCUT2D eigenvalue weighted by Crippen LogP contribution is 2.37. The average Bonchev–Trinajstić information content (AvgIpc) is 2.82. The molecule has 146 valence electrons. The van der Waals surface area contributed by atoms with Crippen LogP contribution >= 0.6 is 0 Å². The van der Waals surface area contributed by atoms with E-state index in [9.17, 15) is 20.1 Å². The number of carbonyl (C=O) groups is 1. The van der Waals surface area contributed by atoms with Gasteiger partial charge in [0.15, 0.2) is 0 Å². The molecule has 0 aromatic carbocycles. The molecule has 0 saturated heterocycles. The van der Waals surface area contributed by atoms with Gasteiger partial charge in [0.2, 0.25) is 0 Å². The molecule has 1 saturated carbocycles. The van der Waals surface area contributed by atoms with Crippen LogP contribution in [0.25, 0.3) is 0 Å². The molecule has 4 N–H and O–H groups in total. The molecule has 0 amide bonds. The number of aliphatic hydroxyl groups is 3. The van der Waals surface area contributed by atoms with Crippen molar-refractivity contribution in [1.29, 1.82) is 0 Å². The number of hydrogen-bond acceptors (Lipinski definition) is 4. The first-order valence-electron chi connectivity index (χ1n) is 9.90. The molecule has 1 aliphatic rings. The van der Waals surface area contributed by atoms with Gasteiger partial charge in [-0.1, -0.05) is 57.6 Å². The number of carboxylic acids is 1. The molecule has 0 spiro atoms. The molecule has 0 aromatic rings. The number of aliphatic hydroxyl groups excluding tert-OH is 3. The summed E-state index contributed by atoms with van der Waals surface area (Å²) in [4.78, 5) is 10.5. The fourth-order valence-electron chi connectivity index (χ4n) is 3.74. The Kier molecular flexibility index (Phi) is 11.0. The van der Waals surface area contributed by atoms with Crippen molar-refractivity contribution in [2.75, 3.05) is 0 Å². The molecule has 0 heterocycles. The van der Waals surface area contributed by atoms with Crippen LogP contribution in [0.4, 0.5) is 0 Å². The van der Waals surface area contributed by atoms with Gasteiger partial charge in [0.25, 0.3) is 0 Å². The van der Waals surface area contributed by atoms with Gasteiger partial charge in [0.1, 0.15) is 0 Å². The summed E-state index contributed by atoms with van der Waals surface area (Å²) in [5.74, 6) is -0.833. The summed E-state index contributed by atoms with van der Waals surface area (Å²) < 4.78 is 0. The first-order chi connectivity index (χ1) is 12.0. The van der Waals surface area contributed by atoms with Gasteiger partial charge in [0.05, 0.1) is 18.3 Å². The van der Waals surface area contributed by atoms with E-state index in [2.05, 4.69) is 6.92 Å². The van der Waals surface area contributed by atoms with Gasteiger partial charge in [-0.3, -0.25) is 4.79 Å². The minimum atomic E-state index is -0.753. The van der Waals surface area contributed by atoms with Gasteiger partial charge >= 0.3 is 5.97 Å². The summed E-state index contributed by atoms with van der Waals surface area (Å²) in [6.07, 6.45) is 11.0. The van der Waals surface area contributed by atoms with Crippen molar-refractivity contribution < 1.29 is 25.2 Å².